The van der Waals surface area contributed by atoms with Gasteiger partial charge in [-0.15, -0.1) is 13.2 Å². The van der Waals surface area contributed by atoms with Gasteiger partial charge in [0.25, 0.3) is 5.91 Å². The summed E-state index contributed by atoms with van der Waals surface area (Å²) in [6, 6.07) is 14.5. The van der Waals surface area contributed by atoms with Gasteiger partial charge in [-0.2, -0.15) is 0 Å². The van der Waals surface area contributed by atoms with Crippen molar-refractivity contribution in [2.24, 2.45) is 23.7 Å². The first-order valence-electron chi connectivity index (χ1n) is 15.2. The molecule has 3 saturated heterocycles. The topological polar surface area (TPSA) is 90.4 Å². The number of halogens is 1. The van der Waals surface area contributed by atoms with Crippen molar-refractivity contribution < 1.29 is 24.2 Å². The van der Waals surface area contributed by atoms with Crippen molar-refractivity contribution in [1.82, 2.24) is 4.90 Å². The Hall–Kier alpha value is -3.46. The predicted octanol–water partition coefficient (Wildman–Crippen LogP) is 5.11. The van der Waals surface area contributed by atoms with E-state index in [0.29, 0.717) is 22.8 Å². The number of likely N-dealkylation sites (tertiary alicyclic amines) is 1. The lowest BCUT2D eigenvalue weighted by atomic mass is 9.62. The van der Waals surface area contributed by atoms with Gasteiger partial charge in [-0.25, -0.2) is 0 Å². The zero-order valence-corrected chi connectivity index (χ0v) is 26.6. The van der Waals surface area contributed by atoms with E-state index in [1.165, 1.54) is 4.90 Å². The summed E-state index contributed by atoms with van der Waals surface area (Å²) in [6.07, 6.45) is 3.71. The van der Waals surface area contributed by atoms with Crippen LogP contribution in [0.2, 0.25) is 5.02 Å². The Morgan fingerprint density at radius 3 is 2.16 bits per heavy atom. The van der Waals surface area contributed by atoms with Crippen molar-refractivity contribution in [2.75, 3.05) is 29.5 Å². The van der Waals surface area contributed by atoms with Crippen LogP contribution in [0.5, 0.6) is 0 Å². The van der Waals surface area contributed by atoms with E-state index in [4.69, 9.17) is 16.3 Å². The second-order valence-corrected chi connectivity index (χ2v) is 13.2. The standard InChI is InChI=1S/C35H42ClN3O5/c1-7-18-37(25-12-10-9-11-13-25)31(41)28-29-32(42)39(27(21-40)22(3)4)30(35(29)20-23(5)34(28,6)44-35)33(43)38(19-8-2)26-16-14-24(36)15-17-26/h7-17,22-23,27-30,40H,1-2,18-21H2,3-6H3/t23?,27-,28-,29-,30?,34+,35?/m0/s1. The molecule has 1 spiro atoms. The summed E-state index contributed by atoms with van der Waals surface area (Å²) in [4.78, 5) is 49.1. The van der Waals surface area contributed by atoms with Crippen LogP contribution in [-0.4, -0.2) is 70.7 Å². The lowest BCUT2D eigenvalue weighted by Crippen LogP contribution is -2.60. The number of ether oxygens (including phenoxy) is 1. The molecule has 0 aromatic heterocycles. The van der Waals surface area contributed by atoms with Crippen LogP contribution in [0.4, 0.5) is 11.4 Å². The van der Waals surface area contributed by atoms with Crippen molar-refractivity contribution >= 4 is 40.7 Å². The maximum absolute atomic E-state index is 14.9. The maximum atomic E-state index is 14.9. The van der Waals surface area contributed by atoms with E-state index < -0.39 is 35.1 Å². The molecule has 5 rings (SSSR count). The highest BCUT2D eigenvalue weighted by atomic mass is 35.5. The van der Waals surface area contributed by atoms with Gasteiger partial charge >= 0.3 is 0 Å². The Labute approximate surface area is 264 Å². The first-order valence-corrected chi connectivity index (χ1v) is 15.6. The number of carbonyl (C=O) groups is 3. The van der Waals surface area contributed by atoms with Crippen molar-refractivity contribution in [1.29, 1.82) is 0 Å². The van der Waals surface area contributed by atoms with Crippen molar-refractivity contribution in [3.05, 3.63) is 84.9 Å². The smallest absolute Gasteiger partial charge is 0.253 e. The van der Waals surface area contributed by atoms with E-state index in [0.717, 1.165) is 0 Å². The fourth-order valence-electron chi connectivity index (χ4n) is 7.76. The largest absolute Gasteiger partial charge is 0.394 e. The summed E-state index contributed by atoms with van der Waals surface area (Å²) >= 11 is 6.16. The molecular formula is C35H42ClN3O5. The molecule has 2 aromatic rings. The number of hydrogen-bond donors (Lipinski definition) is 1. The predicted molar refractivity (Wildman–Crippen MR) is 172 cm³/mol. The number of amides is 3. The Bertz CT molecular complexity index is 1430. The van der Waals surface area contributed by atoms with Crippen LogP contribution in [0.25, 0.3) is 0 Å². The Morgan fingerprint density at radius 1 is 1.05 bits per heavy atom. The van der Waals surface area contributed by atoms with Gasteiger partial charge in [-0.1, -0.05) is 62.7 Å². The Balaban J connectivity index is 1.67. The average Bonchev–Trinajstić information content (AvgIpc) is 3.52. The first kappa shape index (κ1) is 31.9. The first-order chi connectivity index (χ1) is 21.0. The second kappa shape index (κ2) is 12.1. The third kappa shape index (κ3) is 4.88. The van der Waals surface area contributed by atoms with Crippen LogP contribution in [0.1, 0.15) is 34.1 Å². The molecule has 0 aliphatic carbocycles. The molecule has 2 aromatic carbocycles. The van der Waals surface area contributed by atoms with Gasteiger partial charge in [-0.3, -0.25) is 14.4 Å². The molecule has 9 heteroatoms. The van der Waals surface area contributed by atoms with E-state index in [1.807, 2.05) is 58.0 Å². The number of hydrogen-bond acceptors (Lipinski definition) is 5. The minimum atomic E-state index is -1.27. The zero-order chi connectivity index (χ0) is 32.0. The highest BCUT2D eigenvalue weighted by Gasteiger charge is 2.80. The molecule has 3 fully saturated rings. The van der Waals surface area contributed by atoms with E-state index in [-0.39, 0.29) is 49.3 Å². The molecule has 8 nitrogen and oxygen atoms in total. The van der Waals surface area contributed by atoms with E-state index in [2.05, 4.69) is 13.2 Å². The molecule has 234 valence electrons. The summed E-state index contributed by atoms with van der Waals surface area (Å²) in [7, 11) is 0. The maximum Gasteiger partial charge on any atom is 0.253 e. The van der Waals surface area contributed by atoms with Gasteiger partial charge in [0.2, 0.25) is 11.8 Å². The van der Waals surface area contributed by atoms with Crippen LogP contribution in [0, 0.1) is 23.7 Å². The zero-order valence-electron chi connectivity index (χ0n) is 25.9. The van der Waals surface area contributed by atoms with Gasteiger partial charge in [0.15, 0.2) is 0 Å². The van der Waals surface area contributed by atoms with Crippen LogP contribution < -0.4 is 9.80 Å². The summed E-state index contributed by atoms with van der Waals surface area (Å²) in [5.74, 6) is -3.00. The van der Waals surface area contributed by atoms with Gasteiger partial charge in [-0.05, 0) is 61.6 Å². The molecule has 3 aliphatic heterocycles. The van der Waals surface area contributed by atoms with Gasteiger partial charge in [0.05, 0.1) is 30.1 Å². The molecule has 3 aliphatic rings. The fraction of sp³-hybridized carbons (Fsp3) is 0.457. The summed E-state index contributed by atoms with van der Waals surface area (Å²) in [5.41, 5.74) is -0.979. The van der Waals surface area contributed by atoms with E-state index >= 15 is 0 Å². The molecule has 3 unspecified atom stereocenters. The minimum Gasteiger partial charge on any atom is -0.394 e. The average molecular weight is 620 g/mol. The van der Waals surface area contributed by atoms with Crippen LogP contribution in [-0.2, 0) is 19.1 Å². The number of para-hydroxylation sites is 1. The summed E-state index contributed by atoms with van der Waals surface area (Å²) < 4.78 is 6.96. The number of benzene rings is 2. The highest BCUT2D eigenvalue weighted by molar-refractivity contribution is 6.30. The number of nitrogens with zero attached hydrogens (tertiary/aromatic N) is 3. The molecule has 0 saturated carbocycles. The molecule has 44 heavy (non-hydrogen) atoms. The minimum absolute atomic E-state index is 0.132. The van der Waals surface area contributed by atoms with Crippen LogP contribution in [0.15, 0.2) is 79.9 Å². The monoisotopic (exact) mass is 619 g/mol. The summed E-state index contributed by atoms with van der Waals surface area (Å²) in [6.45, 7) is 15.6. The normalized spacial score (nSPS) is 29.4. The number of fused-ring (bicyclic) bond motifs is 1. The van der Waals surface area contributed by atoms with Gasteiger partial charge in [0.1, 0.15) is 11.6 Å². The summed E-state index contributed by atoms with van der Waals surface area (Å²) in [5, 5.41) is 11.1. The number of aliphatic hydroxyl groups excluding tert-OH is 1. The lowest BCUT2D eigenvalue weighted by Gasteiger charge is -2.40. The quantitative estimate of drug-likeness (QED) is 0.353. The van der Waals surface area contributed by atoms with Crippen molar-refractivity contribution in [3.63, 3.8) is 0 Å². The van der Waals surface area contributed by atoms with E-state index in [1.54, 1.807) is 46.2 Å². The molecule has 0 radical (unpaired) electrons. The molecule has 7 atom stereocenters. The van der Waals surface area contributed by atoms with Gasteiger partial charge in [0, 0.05) is 29.5 Å². The molecule has 3 heterocycles. The van der Waals surface area contributed by atoms with Crippen molar-refractivity contribution in [2.45, 2.75) is 57.4 Å². The lowest BCUT2D eigenvalue weighted by molar-refractivity contribution is -0.150. The van der Waals surface area contributed by atoms with Crippen LogP contribution >= 0.6 is 11.6 Å². The highest BCUT2D eigenvalue weighted by Crippen LogP contribution is 2.66. The number of rotatable bonds is 11. The van der Waals surface area contributed by atoms with Crippen LogP contribution in [0.3, 0.4) is 0 Å². The van der Waals surface area contributed by atoms with Gasteiger partial charge < -0.3 is 24.5 Å². The third-order valence-electron chi connectivity index (χ3n) is 9.93. The van der Waals surface area contributed by atoms with E-state index in [9.17, 15) is 19.5 Å². The van der Waals surface area contributed by atoms with Crippen molar-refractivity contribution in [3.8, 4) is 0 Å². The number of anilines is 2. The third-order valence-corrected chi connectivity index (χ3v) is 10.2. The molecule has 3 amide bonds. The number of carbonyl (C=O) groups excluding carboxylic acids is 3. The SMILES string of the molecule is C=CCN(C(=O)C1N([C@@H](CO)C(C)C)C(=O)[C@@H]2[C@@H](C(=O)N(CC=C)c3ccccc3)[C@]3(C)OC12CC3C)c1ccc(Cl)cc1. The Kier molecular flexibility index (Phi) is 8.82. The molecule has 1 N–H and O–H groups in total. The fourth-order valence-corrected chi connectivity index (χ4v) is 7.88. The molecule has 2 bridgehead atoms. The Morgan fingerprint density at radius 2 is 1.61 bits per heavy atom. The molecular weight excluding hydrogens is 578 g/mol. The second-order valence-electron chi connectivity index (χ2n) is 12.7. The number of aliphatic hydroxyl groups is 1.